The molecule has 1 aliphatic heterocycles. The molecule has 0 bridgehead atoms. The molecule has 4 heteroatoms. The Kier molecular flexibility index (Phi) is 4.80. The summed E-state index contributed by atoms with van der Waals surface area (Å²) in [7, 11) is 0. The maximum atomic E-state index is 8.71. The van der Waals surface area contributed by atoms with Gasteiger partial charge in [-0.15, -0.1) is 0 Å². The maximum Gasteiger partial charge on any atom is 0.184 e. The van der Waals surface area contributed by atoms with Crippen LogP contribution in [0.25, 0.3) is 0 Å². The van der Waals surface area contributed by atoms with E-state index >= 15 is 0 Å². The van der Waals surface area contributed by atoms with Gasteiger partial charge in [0.2, 0.25) is 0 Å². The fraction of sp³-hybridized carbons (Fsp3) is 0.538. The zero-order valence-electron chi connectivity index (χ0n) is 9.64. The number of hydrogen-bond donors (Lipinski definition) is 1. The molecule has 1 aromatic carbocycles. The first kappa shape index (κ1) is 12.8. The third-order valence-electron chi connectivity index (χ3n) is 2.83. The molecule has 1 fully saturated rings. The van der Waals surface area contributed by atoms with E-state index in [9.17, 15) is 0 Å². The minimum absolute atomic E-state index is 0.141. The van der Waals surface area contributed by atoms with Gasteiger partial charge < -0.3 is 14.6 Å². The van der Waals surface area contributed by atoms with Crippen molar-refractivity contribution in [3.63, 3.8) is 0 Å². The van der Waals surface area contributed by atoms with Crippen LogP contribution in [-0.2, 0) is 9.47 Å². The first-order valence-electron chi connectivity index (χ1n) is 5.93. The summed E-state index contributed by atoms with van der Waals surface area (Å²) in [6.45, 7) is 0.868. The molecule has 0 aromatic heterocycles. The molecule has 0 aliphatic carbocycles. The zero-order chi connectivity index (χ0) is 12.1. The third-order valence-corrected chi connectivity index (χ3v) is 3.08. The van der Waals surface area contributed by atoms with Gasteiger partial charge in [-0.05, 0) is 31.4 Å². The Morgan fingerprint density at radius 2 is 2.00 bits per heavy atom. The molecule has 2 rings (SSSR count). The summed E-state index contributed by atoms with van der Waals surface area (Å²) < 4.78 is 11.4. The highest BCUT2D eigenvalue weighted by Gasteiger charge is 2.26. The Hall–Kier alpha value is -0.610. The minimum Gasteiger partial charge on any atom is -0.396 e. The zero-order valence-corrected chi connectivity index (χ0v) is 10.4. The van der Waals surface area contributed by atoms with Crippen LogP contribution in [0.3, 0.4) is 0 Å². The molecule has 0 radical (unpaired) electrons. The Bertz CT molecular complexity index is 339. The molecule has 1 aromatic rings. The van der Waals surface area contributed by atoms with Crippen molar-refractivity contribution in [3.8, 4) is 0 Å². The summed E-state index contributed by atoms with van der Waals surface area (Å²) in [5.41, 5.74) is 0.999. The van der Waals surface area contributed by atoms with Crippen LogP contribution in [0.1, 0.15) is 31.1 Å². The molecule has 0 saturated carbocycles. The number of rotatable bonds is 5. The van der Waals surface area contributed by atoms with Gasteiger partial charge in [-0.25, -0.2) is 0 Å². The molecule has 1 aliphatic rings. The molecule has 0 unspecified atom stereocenters. The van der Waals surface area contributed by atoms with Gasteiger partial charge in [0.1, 0.15) is 0 Å². The Morgan fingerprint density at radius 3 is 2.71 bits per heavy atom. The van der Waals surface area contributed by atoms with Crippen LogP contribution in [-0.4, -0.2) is 24.4 Å². The lowest BCUT2D eigenvalue weighted by molar-refractivity contribution is -0.0614. The highest BCUT2D eigenvalue weighted by Crippen LogP contribution is 2.29. The van der Waals surface area contributed by atoms with E-state index in [0.717, 1.165) is 24.8 Å². The van der Waals surface area contributed by atoms with Gasteiger partial charge in [0.25, 0.3) is 0 Å². The summed E-state index contributed by atoms with van der Waals surface area (Å²) in [6, 6.07) is 7.51. The predicted molar refractivity (Wildman–Crippen MR) is 66.0 cm³/mol. The van der Waals surface area contributed by atoms with Crippen molar-refractivity contribution in [2.24, 2.45) is 0 Å². The van der Waals surface area contributed by atoms with Gasteiger partial charge in [0.05, 0.1) is 12.7 Å². The van der Waals surface area contributed by atoms with E-state index in [1.165, 1.54) is 0 Å². The Morgan fingerprint density at radius 1 is 1.24 bits per heavy atom. The van der Waals surface area contributed by atoms with E-state index in [1.54, 1.807) is 0 Å². The van der Waals surface area contributed by atoms with Gasteiger partial charge in [0, 0.05) is 17.2 Å². The second kappa shape index (κ2) is 6.36. The summed E-state index contributed by atoms with van der Waals surface area (Å²) in [6.07, 6.45) is 2.60. The Labute approximate surface area is 106 Å². The largest absolute Gasteiger partial charge is 0.396 e. The number of benzene rings is 1. The van der Waals surface area contributed by atoms with Crippen LogP contribution >= 0.6 is 11.6 Å². The maximum absolute atomic E-state index is 8.71. The van der Waals surface area contributed by atoms with Crippen LogP contribution < -0.4 is 0 Å². The third kappa shape index (κ3) is 3.68. The standard InChI is InChI=1S/C13H17ClO3/c14-11-6-4-10(5-7-11)13-16-9-12(17-13)3-1-2-8-15/h4-7,12-13,15H,1-3,8-9H2/t12-,13-/m1/s1. The fourth-order valence-corrected chi connectivity index (χ4v) is 2.00. The molecule has 17 heavy (non-hydrogen) atoms. The topological polar surface area (TPSA) is 38.7 Å². The van der Waals surface area contributed by atoms with Crippen LogP contribution in [0.5, 0.6) is 0 Å². The van der Waals surface area contributed by atoms with Crippen LogP contribution in [0.15, 0.2) is 24.3 Å². The average molecular weight is 257 g/mol. The number of aliphatic hydroxyl groups is 1. The summed E-state index contributed by atoms with van der Waals surface area (Å²) in [4.78, 5) is 0. The second-order valence-corrected chi connectivity index (χ2v) is 4.63. The smallest absolute Gasteiger partial charge is 0.184 e. The molecule has 2 atom stereocenters. The van der Waals surface area contributed by atoms with Gasteiger partial charge in [-0.3, -0.25) is 0 Å². The molecule has 1 heterocycles. The van der Waals surface area contributed by atoms with Gasteiger partial charge in [0.15, 0.2) is 6.29 Å². The first-order chi connectivity index (χ1) is 8.29. The average Bonchev–Trinajstić information content (AvgIpc) is 2.79. The molecule has 1 saturated heterocycles. The highest BCUT2D eigenvalue weighted by atomic mass is 35.5. The summed E-state index contributed by atoms with van der Waals surface area (Å²) >= 11 is 5.83. The number of hydrogen-bond acceptors (Lipinski definition) is 3. The Balaban J connectivity index is 1.83. The monoisotopic (exact) mass is 256 g/mol. The first-order valence-corrected chi connectivity index (χ1v) is 6.31. The van der Waals surface area contributed by atoms with Gasteiger partial charge in [-0.2, -0.15) is 0 Å². The van der Waals surface area contributed by atoms with Crippen molar-refractivity contribution >= 4 is 11.6 Å². The SMILES string of the molecule is OCCCC[C@@H]1CO[C@@H](c2ccc(Cl)cc2)O1. The minimum atomic E-state index is -0.272. The van der Waals surface area contributed by atoms with Crippen molar-refractivity contribution < 1.29 is 14.6 Å². The van der Waals surface area contributed by atoms with Gasteiger partial charge in [-0.1, -0.05) is 23.7 Å². The lowest BCUT2D eigenvalue weighted by atomic mass is 10.2. The van der Waals surface area contributed by atoms with E-state index in [0.29, 0.717) is 11.6 Å². The summed E-state index contributed by atoms with van der Waals surface area (Å²) in [5, 5.41) is 9.43. The predicted octanol–water partition coefficient (Wildman–Crippen LogP) is 2.92. The van der Waals surface area contributed by atoms with Crippen molar-refractivity contribution in [3.05, 3.63) is 34.9 Å². The van der Waals surface area contributed by atoms with Gasteiger partial charge >= 0.3 is 0 Å². The van der Waals surface area contributed by atoms with Crippen LogP contribution in [0.4, 0.5) is 0 Å². The van der Waals surface area contributed by atoms with Crippen LogP contribution in [0, 0.1) is 0 Å². The molecule has 0 amide bonds. The molecule has 1 N–H and O–H groups in total. The van der Waals surface area contributed by atoms with E-state index in [-0.39, 0.29) is 19.0 Å². The quantitative estimate of drug-likeness (QED) is 0.824. The fourth-order valence-electron chi connectivity index (χ4n) is 1.88. The number of unbranched alkanes of at least 4 members (excludes halogenated alkanes) is 1. The van der Waals surface area contributed by atoms with Crippen LogP contribution in [0.2, 0.25) is 5.02 Å². The molecule has 0 spiro atoms. The lowest BCUT2D eigenvalue weighted by Crippen LogP contribution is -2.09. The second-order valence-electron chi connectivity index (χ2n) is 4.19. The van der Waals surface area contributed by atoms with Crippen molar-refractivity contribution in [2.75, 3.05) is 13.2 Å². The molecular formula is C13H17ClO3. The van der Waals surface area contributed by atoms with E-state index in [1.807, 2.05) is 24.3 Å². The van der Waals surface area contributed by atoms with E-state index < -0.39 is 0 Å². The van der Waals surface area contributed by atoms with Crippen molar-refractivity contribution in [1.29, 1.82) is 0 Å². The highest BCUT2D eigenvalue weighted by molar-refractivity contribution is 6.30. The lowest BCUT2D eigenvalue weighted by Gasteiger charge is -2.11. The number of halogens is 1. The molecular weight excluding hydrogens is 240 g/mol. The van der Waals surface area contributed by atoms with E-state index in [4.69, 9.17) is 26.2 Å². The summed E-state index contributed by atoms with van der Waals surface area (Å²) in [5.74, 6) is 0. The molecule has 94 valence electrons. The normalized spacial score (nSPS) is 24.1. The van der Waals surface area contributed by atoms with E-state index in [2.05, 4.69) is 0 Å². The number of aliphatic hydroxyl groups excluding tert-OH is 1. The number of ether oxygens (including phenoxy) is 2. The molecule has 3 nitrogen and oxygen atoms in total. The van der Waals surface area contributed by atoms with Crippen molar-refractivity contribution in [1.82, 2.24) is 0 Å². The van der Waals surface area contributed by atoms with Crippen molar-refractivity contribution in [2.45, 2.75) is 31.7 Å².